The fourth-order valence-electron chi connectivity index (χ4n) is 4.32. The molecule has 0 bridgehead atoms. The van der Waals surface area contributed by atoms with Crippen LogP contribution in [-0.2, 0) is 25.5 Å². The molecule has 2 heterocycles. The summed E-state index contributed by atoms with van der Waals surface area (Å²) in [5, 5.41) is 19.9. The molecule has 0 spiro atoms. The second kappa shape index (κ2) is 13.2. The third-order valence-electron chi connectivity index (χ3n) is 6.30. The number of carbonyl (C=O) groups excluding carboxylic acids is 4. The minimum absolute atomic E-state index is 0.113. The number of nitrogens with zero attached hydrogens (tertiary/aromatic N) is 4. The number of nitrogens with one attached hydrogen (secondary N) is 3. The highest BCUT2D eigenvalue weighted by atomic mass is 35.5. The molecular weight excluding hydrogens is 618 g/mol. The number of tetrazole rings is 1. The lowest BCUT2D eigenvalue weighted by molar-refractivity contribution is -0.137. The van der Waals surface area contributed by atoms with Crippen molar-refractivity contribution < 1.29 is 23.9 Å². The van der Waals surface area contributed by atoms with Crippen molar-refractivity contribution in [3.8, 4) is 5.69 Å². The summed E-state index contributed by atoms with van der Waals surface area (Å²) in [5.41, 5.74) is 1.15. The topological polar surface area (TPSA) is 157 Å². The quantitative estimate of drug-likeness (QED) is 0.161. The molecule has 0 unspecified atom stereocenters. The van der Waals surface area contributed by atoms with Gasteiger partial charge in [-0.25, -0.2) is 4.79 Å². The van der Waals surface area contributed by atoms with Gasteiger partial charge in [-0.1, -0.05) is 41.9 Å². The average Bonchev–Trinajstić information content (AvgIpc) is 3.67. The van der Waals surface area contributed by atoms with E-state index in [4.69, 9.17) is 16.3 Å². The third kappa shape index (κ3) is 8.08. The Morgan fingerprint density at radius 2 is 1.73 bits per heavy atom. The number of esters is 1. The Morgan fingerprint density at radius 3 is 2.44 bits per heavy atom. The third-order valence-corrected chi connectivity index (χ3v) is 7.63. The number of ether oxygens (including phenoxy) is 1. The summed E-state index contributed by atoms with van der Waals surface area (Å²) in [6.45, 7) is 5.39. The Balaban J connectivity index is 1.33. The van der Waals surface area contributed by atoms with Crippen LogP contribution in [0, 0.1) is 0 Å². The maximum absolute atomic E-state index is 13.5. The molecule has 12 nitrogen and oxygen atoms in total. The van der Waals surface area contributed by atoms with Crippen LogP contribution in [0.1, 0.15) is 36.0 Å². The van der Waals surface area contributed by atoms with Crippen LogP contribution in [-0.4, -0.2) is 55.5 Å². The highest BCUT2D eigenvalue weighted by Gasteiger charge is 2.26. The van der Waals surface area contributed by atoms with E-state index < -0.39 is 35.3 Å². The van der Waals surface area contributed by atoms with Gasteiger partial charge in [0.2, 0.25) is 5.91 Å². The van der Waals surface area contributed by atoms with Crippen LogP contribution < -0.4 is 16.0 Å². The minimum Gasteiger partial charge on any atom is -0.456 e. The smallest absolute Gasteiger partial charge is 0.348 e. The first-order valence-corrected chi connectivity index (χ1v) is 14.9. The normalized spacial score (nSPS) is 11.9. The van der Waals surface area contributed by atoms with E-state index in [0.717, 1.165) is 15.6 Å². The molecule has 0 aliphatic rings. The number of hydrogen-bond acceptors (Lipinski definition) is 9. The van der Waals surface area contributed by atoms with E-state index in [1.807, 2.05) is 30.3 Å². The lowest BCUT2D eigenvalue weighted by atomic mass is 10.0. The summed E-state index contributed by atoms with van der Waals surface area (Å²) in [6.07, 6.45) is 1.44. The number of benzene rings is 3. The summed E-state index contributed by atoms with van der Waals surface area (Å²) in [7, 11) is 0. The van der Waals surface area contributed by atoms with Crippen molar-refractivity contribution in [1.82, 2.24) is 25.5 Å². The molecule has 14 heteroatoms. The van der Waals surface area contributed by atoms with E-state index >= 15 is 0 Å². The summed E-state index contributed by atoms with van der Waals surface area (Å²) in [6, 6.07) is 19.5. The monoisotopic (exact) mass is 645 g/mol. The zero-order valence-electron chi connectivity index (χ0n) is 24.4. The van der Waals surface area contributed by atoms with E-state index in [-0.39, 0.29) is 12.1 Å². The number of halogens is 1. The summed E-state index contributed by atoms with van der Waals surface area (Å²) in [4.78, 5) is 52.6. The Labute approximate surface area is 266 Å². The standard InChI is InChI=1S/C31H28ClN7O5S/c1-31(2,3)44-30(43)26-15-19-14-21(10-12-25(19)45-26)34-27(40)23(13-18-7-5-4-6-8-18)36-29(42)28(41)35-22-16-20(32)9-11-24(22)39-17-33-37-38-39/h4-12,14-17,23H,13H2,1-3H3,(H,34,40)(H,35,41)(H,36,42)/t23-/m0/s1. The summed E-state index contributed by atoms with van der Waals surface area (Å²) >= 11 is 7.41. The second-order valence-corrected chi connectivity index (χ2v) is 12.5. The molecule has 3 amide bonds. The van der Waals surface area contributed by atoms with Crippen LogP contribution in [0.4, 0.5) is 11.4 Å². The Bertz CT molecular complexity index is 1870. The molecule has 0 aliphatic carbocycles. The van der Waals surface area contributed by atoms with Gasteiger partial charge in [-0.15, -0.1) is 16.4 Å². The minimum atomic E-state index is -1.11. The van der Waals surface area contributed by atoms with Crippen LogP contribution in [0.15, 0.2) is 79.1 Å². The van der Waals surface area contributed by atoms with Crippen molar-refractivity contribution >= 4 is 68.1 Å². The van der Waals surface area contributed by atoms with Gasteiger partial charge in [0.25, 0.3) is 0 Å². The molecule has 3 N–H and O–H groups in total. The van der Waals surface area contributed by atoms with Crippen LogP contribution in [0.25, 0.3) is 15.8 Å². The van der Waals surface area contributed by atoms with Gasteiger partial charge in [0, 0.05) is 21.8 Å². The molecular formula is C31H28ClN7O5S. The van der Waals surface area contributed by atoms with Crippen molar-refractivity contribution in [1.29, 1.82) is 0 Å². The molecule has 0 radical (unpaired) electrons. The predicted molar refractivity (Wildman–Crippen MR) is 170 cm³/mol. The van der Waals surface area contributed by atoms with Crippen LogP contribution in [0.2, 0.25) is 5.02 Å². The molecule has 3 aromatic carbocycles. The maximum Gasteiger partial charge on any atom is 0.348 e. The Morgan fingerprint density at radius 1 is 0.956 bits per heavy atom. The number of hydrogen-bond donors (Lipinski definition) is 3. The first kappa shape index (κ1) is 31.3. The number of anilines is 2. The Kier molecular flexibility index (Phi) is 9.21. The lowest BCUT2D eigenvalue weighted by Crippen LogP contribution is -2.49. The first-order chi connectivity index (χ1) is 21.4. The van der Waals surface area contributed by atoms with Gasteiger partial charge in [-0.05, 0) is 84.6 Å². The number of aromatic nitrogens is 4. The number of thiophene rings is 1. The molecule has 230 valence electrons. The van der Waals surface area contributed by atoms with Gasteiger partial charge in [0.05, 0.1) is 11.4 Å². The average molecular weight is 646 g/mol. The molecule has 5 aromatic rings. The van der Waals surface area contributed by atoms with E-state index in [1.165, 1.54) is 28.4 Å². The Hall–Kier alpha value is -5.14. The lowest BCUT2D eigenvalue weighted by Gasteiger charge is -2.19. The van der Waals surface area contributed by atoms with Gasteiger partial charge in [-0.3, -0.25) is 14.4 Å². The molecule has 1 atom stereocenters. The molecule has 0 saturated heterocycles. The summed E-state index contributed by atoms with van der Waals surface area (Å²) in [5.74, 6) is -3.03. The van der Waals surface area contributed by atoms with Crippen LogP contribution in [0.5, 0.6) is 0 Å². The molecule has 0 saturated carbocycles. The van der Waals surface area contributed by atoms with Gasteiger partial charge < -0.3 is 20.7 Å². The fourth-order valence-corrected chi connectivity index (χ4v) is 5.41. The SMILES string of the molecule is CC(C)(C)OC(=O)c1cc2cc(NC(=O)[C@H](Cc3ccccc3)NC(=O)C(=O)Nc3cc(Cl)ccc3-n3cnnn3)ccc2s1. The van der Waals surface area contributed by atoms with Gasteiger partial charge in [-0.2, -0.15) is 4.68 Å². The van der Waals surface area contributed by atoms with Crippen LogP contribution >= 0.6 is 22.9 Å². The van der Waals surface area contributed by atoms with Crippen molar-refractivity contribution in [3.63, 3.8) is 0 Å². The zero-order valence-corrected chi connectivity index (χ0v) is 26.0. The van der Waals surface area contributed by atoms with Crippen molar-refractivity contribution in [3.05, 3.63) is 94.6 Å². The number of fused-ring (bicyclic) bond motifs is 1. The number of rotatable bonds is 8. The van der Waals surface area contributed by atoms with E-state index in [1.54, 1.807) is 57.2 Å². The highest BCUT2D eigenvalue weighted by Crippen LogP contribution is 2.30. The largest absolute Gasteiger partial charge is 0.456 e. The number of carbonyl (C=O) groups is 4. The number of amides is 3. The van der Waals surface area contributed by atoms with Crippen molar-refractivity contribution in [2.75, 3.05) is 10.6 Å². The summed E-state index contributed by atoms with van der Waals surface area (Å²) < 4.78 is 7.61. The van der Waals surface area contributed by atoms with Crippen molar-refractivity contribution in [2.24, 2.45) is 0 Å². The van der Waals surface area contributed by atoms with Crippen LogP contribution in [0.3, 0.4) is 0 Å². The first-order valence-electron chi connectivity index (χ1n) is 13.7. The maximum atomic E-state index is 13.5. The fraction of sp³-hybridized carbons (Fsp3) is 0.194. The van der Waals surface area contributed by atoms with Crippen molar-refractivity contribution in [2.45, 2.75) is 38.8 Å². The molecule has 0 fully saturated rings. The second-order valence-electron chi connectivity index (χ2n) is 10.9. The molecule has 5 rings (SSSR count). The van der Waals surface area contributed by atoms with E-state index in [9.17, 15) is 19.2 Å². The molecule has 2 aromatic heterocycles. The zero-order chi connectivity index (χ0) is 32.1. The molecule has 0 aliphatic heterocycles. The van der Waals surface area contributed by atoms with Gasteiger partial charge in [0.15, 0.2) is 0 Å². The molecule has 45 heavy (non-hydrogen) atoms. The van der Waals surface area contributed by atoms with E-state index in [2.05, 4.69) is 31.5 Å². The van der Waals surface area contributed by atoms with Gasteiger partial charge in [0.1, 0.15) is 22.8 Å². The van der Waals surface area contributed by atoms with E-state index in [0.29, 0.717) is 21.3 Å². The highest BCUT2D eigenvalue weighted by molar-refractivity contribution is 7.20. The predicted octanol–water partition coefficient (Wildman–Crippen LogP) is 4.79. The van der Waals surface area contributed by atoms with Gasteiger partial charge >= 0.3 is 17.8 Å².